The van der Waals surface area contributed by atoms with Gasteiger partial charge in [0.1, 0.15) is 11.4 Å². The fourth-order valence-corrected chi connectivity index (χ4v) is 1.28. The summed E-state index contributed by atoms with van der Waals surface area (Å²) in [6.45, 7) is 5.35. The Bertz CT molecular complexity index is 393. The lowest BCUT2D eigenvalue weighted by atomic mass is 10.2. The summed E-state index contributed by atoms with van der Waals surface area (Å²) in [5, 5.41) is 3.69. The van der Waals surface area contributed by atoms with Gasteiger partial charge in [-0.15, -0.1) is 0 Å². The van der Waals surface area contributed by atoms with Gasteiger partial charge < -0.3 is 9.15 Å². The summed E-state index contributed by atoms with van der Waals surface area (Å²) in [5.74, 6) is 0.570. The van der Waals surface area contributed by atoms with Gasteiger partial charge in [-0.3, -0.25) is 0 Å². The smallest absolute Gasteiger partial charge is 0.428 e. The standard InChI is InChI=1S/C10H13IN2O3/c1-10(2,3)16-9(14)13-12-6-7-4-5-8(11)15-7/h4-6H,1-3H3,(H,13,14). The molecule has 0 bridgehead atoms. The van der Waals surface area contributed by atoms with Crippen molar-refractivity contribution in [1.82, 2.24) is 5.43 Å². The van der Waals surface area contributed by atoms with Crippen LogP contribution in [0.2, 0.25) is 0 Å². The Morgan fingerprint density at radius 3 is 2.75 bits per heavy atom. The molecule has 0 aliphatic carbocycles. The number of nitrogens with zero attached hydrogens (tertiary/aromatic N) is 1. The van der Waals surface area contributed by atoms with Crippen LogP contribution in [0.3, 0.4) is 0 Å². The maximum absolute atomic E-state index is 11.2. The summed E-state index contributed by atoms with van der Waals surface area (Å²) in [6.07, 6.45) is 0.816. The van der Waals surface area contributed by atoms with Gasteiger partial charge in [0, 0.05) is 0 Å². The zero-order chi connectivity index (χ0) is 12.2. The minimum atomic E-state index is -0.593. The van der Waals surface area contributed by atoms with E-state index >= 15 is 0 Å². The molecule has 1 amide bonds. The summed E-state index contributed by atoms with van der Waals surface area (Å²) in [4.78, 5) is 11.2. The number of hydrazone groups is 1. The molecule has 0 unspecified atom stereocenters. The largest absolute Gasteiger partial charge is 0.449 e. The highest BCUT2D eigenvalue weighted by atomic mass is 127. The fourth-order valence-electron chi connectivity index (χ4n) is 0.847. The zero-order valence-corrected chi connectivity index (χ0v) is 11.4. The van der Waals surface area contributed by atoms with Crippen LogP contribution in [0.1, 0.15) is 26.5 Å². The zero-order valence-electron chi connectivity index (χ0n) is 9.28. The molecular weight excluding hydrogens is 323 g/mol. The van der Waals surface area contributed by atoms with Gasteiger partial charge >= 0.3 is 6.09 Å². The topological polar surface area (TPSA) is 63.8 Å². The first-order chi connectivity index (χ1) is 7.37. The third-order valence-electron chi connectivity index (χ3n) is 1.34. The second-order valence-corrected chi connectivity index (χ2v) is 5.08. The maximum Gasteiger partial charge on any atom is 0.428 e. The van der Waals surface area contributed by atoms with Crippen LogP contribution in [-0.2, 0) is 4.74 Å². The van der Waals surface area contributed by atoms with Crippen molar-refractivity contribution in [2.75, 3.05) is 0 Å². The molecule has 0 fully saturated rings. The molecule has 6 heteroatoms. The summed E-state index contributed by atoms with van der Waals surface area (Å²) >= 11 is 2.04. The van der Waals surface area contributed by atoms with Gasteiger partial charge in [0.25, 0.3) is 0 Å². The van der Waals surface area contributed by atoms with Crippen LogP contribution in [0.5, 0.6) is 0 Å². The van der Waals surface area contributed by atoms with E-state index in [1.165, 1.54) is 6.21 Å². The van der Waals surface area contributed by atoms with E-state index in [0.717, 1.165) is 3.77 Å². The molecule has 0 aliphatic heterocycles. The van der Waals surface area contributed by atoms with Crippen LogP contribution in [0, 0.1) is 3.77 Å². The molecule has 0 saturated carbocycles. The molecule has 1 heterocycles. The van der Waals surface area contributed by atoms with Gasteiger partial charge in [0.15, 0.2) is 3.77 Å². The molecule has 1 rings (SSSR count). The molecule has 0 aromatic carbocycles. The maximum atomic E-state index is 11.2. The Morgan fingerprint density at radius 1 is 1.56 bits per heavy atom. The normalized spacial score (nSPS) is 11.8. The Labute approximate surface area is 107 Å². The Balaban J connectivity index is 2.40. The lowest BCUT2D eigenvalue weighted by molar-refractivity contribution is 0.0529. The van der Waals surface area contributed by atoms with Crippen LogP contribution in [-0.4, -0.2) is 17.9 Å². The summed E-state index contributed by atoms with van der Waals surface area (Å²) in [5.41, 5.74) is 1.71. The van der Waals surface area contributed by atoms with Crippen molar-refractivity contribution in [3.05, 3.63) is 21.7 Å². The molecule has 88 valence electrons. The first kappa shape index (κ1) is 13.0. The van der Waals surface area contributed by atoms with Gasteiger partial charge in [0.05, 0.1) is 6.21 Å². The van der Waals surface area contributed by atoms with Crippen molar-refractivity contribution in [1.29, 1.82) is 0 Å². The summed E-state index contributed by atoms with van der Waals surface area (Å²) < 4.78 is 11.0. The molecule has 1 aromatic rings. The number of carbonyl (C=O) groups excluding carboxylic acids is 1. The number of furan rings is 1. The molecule has 5 nitrogen and oxygen atoms in total. The van der Waals surface area contributed by atoms with Crippen molar-refractivity contribution in [2.24, 2.45) is 5.10 Å². The van der Waals surface area contributed by atoms with Crippen molar-refractivity contribution in [3.63, 3.8) is 0 Å². The number of hydrogen-bond donors (Lipinski definition) is 1. The highest BCUT2D eigenvalue weighted by Gasteiger charge is 2.15. The number of ether oxygens (including phenoxy) is 1. The second kappa shape index (κ2) is 5.33. The van der Waals surface area contributed by atoms with E-state index < -0.39 is 11.7 Å². The first-order valence-corrected chi connectivity index (χ1v) is 5.72. The molecular formula is C10H13IN2O3. The lowest BCUT2D eigenvalue weighted by Gasteiger charge is -2.18. The van der Waals surface area contributed by atoms with Gasteiger partial charge in [-0.1, -0.05) is 0 Å². The van der Waals surface area contributed by atoms with Crippen LogP contribution < -0.4 is 5.43 Å². The number of rotatable bonds is 2. The van der Waals surface area contributed by atoms with Crippen molar-refractivity contribution in [3.8, 4) is 0 Å². The van der Waals surface area contributed by atoms with Gasteiger partial charge in [-0.05, 0) is 55.5 Å². The molecule has 16 heavy (non-hydrogen) atoms. The minimum Gasteiger partial charge on any atom is -0.449 e. The van der Waals surface area contributed by atoms with Crippen molar-refractivity contribution >= 4 is 34.9 Å². The average molecular weight is 336 g/mol. The van der Waals surface area contributed by atoms with Gasteiger partial charge in [0.2, 0.25) is 0 Å². The molecule has 0 atom stereocenters. The van der Waals surface area contributed by atoms with Crippen LogP contribution in [0.25, 0.3) is 0 Å². The van der Waals surface area contributed by atoms with Gasteiger partial charge in [-0.2, -0.15) is 5.10 Å². The Morgan fingerprint density at radius 2 is 2.25 bits per heavy atom. The van der Waals surface area contributed by atoms with Crippen LogP contribution in [0.4, 0.5) is 4.79 Å². The van der Waals surface area contributed by atoms with E-state index in [1.807, 2.05) is 22.6 Å². The van der Waals surface area contributed by atoms with E-state index in [9.17, 15) is 4.79 Å². The molecule has 0 aliphatic rings. The molecule has 1 aromatic heterocycles. The highest BCUT2D eigenvalue weighted by molar-refractivity contribution is 14.1. The SMILES string of the molecule is CC(C)(C)OC(=O)NN=Cc1ccc(I)o1. The third-order valence-corrected chi connectivity index (χ3v) is 1.92. The average Bonchev–Trinajstić information content (AvgIpc) is 2.48. The van der Waals surface area contributed by atoms with E-state index in [1.54, 1.807) is 32.9 Å². The molecule has 1 N–H and O–H groups in total. The van der Waals surface area contributed by atoms with E-state index in [-0.39, 0.29) is 0 Å². The summed E-state index contributed by atoms with van der Waals surface area (Å²) in [7, 11) is 0. The lowest BCUT2D eigenvalue weighted by Crippen LogP contribution is -2.29. The van der Waals surface area contributed by atoms with Crippen LogP contribution in [0.15, 0.2) is 21.7 Å². The first-order valence-electron chi connectivity index (χ1n) is 4.64. The highest BCUT2D eigenvalue weighted by Crippen LogP contribution is 2.08. The third kappa shape index (κ3) is 5.15. The quantitative estimate of drug-likeness (QED) is 0.513. The minimum absolute atomic E-state index is 0.528. The fraction of sp³-hybridized carbons (Fsp3) is 0.400. The molecule has 0 saturated heterocycles. The number of nitrogens with one attached hydrogen (secondary N) is 1. The summed E-state index contributed by atoms with van der Waals surface area (Å²) in [6, 6.07) is 3.55. The van der Waals surface area contributed by atoms with E-state index in [0.29, 0.717) is 5.76 Å². The van der Waals surface area contributed by atoms with E-state index in [4.69, 9.17) is 9.15 Å². The predicted molar refractivity (Wildman–Crippen MR) is 68.4 cm³/mol. The van der Waals surface area contributed by atoms with Crippen molar-refractivity contribution < 1.29 is 13.9 Å². The second-order valence-electron chi connectivity index (χ2n) is 4.01. The Hall–Kier alpha value is -1.05. The monoisotopic (exact) mass is 336 g/mol. The van der Waals surface area contributed by atoms with Gasteiger partial charge in [-0.25, -0.2) is 10.2 Å². The number of amides is 1. The number of halogens is 1. The number of carbonyl (C=O) groups is 1. The number of hydrogen-bond acceptors (Lipinski definition) is 4. The molecule has 0 radical (unpaired) electrons. The van der Waals surface area contributed by atoms with Crippen molar-refractivity contribution in [2.45, 2.75) is 26.4 Å². The Kier molecular flexibility index (Phi) is 4.34. The van der Waals surface area contributed by atoms with E-state index in [2.05, 4.69) is 10.5 Å². The van der Waals surface area contributed by atoms with Crippen LogP contribution >= 0.6 is 22.6 Å². The predicted octanol–water partition coefficient (Wildman–Crippen LogP) is 2.74. The molecule has 0 spiro atoms.